The summed E-state index contributed by atoms with van der Waals surface area (Å²) in [6.45, 7) is 0. The minimum absolute atomic E-state index is 0.305. The minimum atomic E-state index is -0.507. The Kier molecular flexibility index (Phi) is 3.60. The monoisotopic (exact) mass is 380 g/mol. The number of benzene rings is 1. The summed E-state index contributed by atoms with van der Waals surface area (Å²) in [5.74, 6) is 0.449. The fourth-order valence-electron chi connectivity index (χ4n) is 2.32. The van der Waals surface area contributed by atoms with Gasteiger partial charge in [0.05, 0.1) is 0 Å². The highest BCUT2D eigenvalue weighted by molar-refractivity contribution is 14.1. The van der Waals surface area contributed by atoms with Crippen molar-refractivity contribution in [2.75, 3.05) is 0 Å². The molecule has 1 heterocycles. The van der Waals surface area contributed by atoms with E-state index in [4.69, 9.17) is 10.5 Å². The molecule has 0 saturated carbocycles. The van der Waals surface area contributed by atoms with Crippen LogP contribution in [-0.4, -0.2) is 10.9 Å². The van der Waals surface area contributed by atoms with Gasteiger partial charge in [-0.05, 0) is 77.7 Å². The van der Waals surface area contributed by atoms with E-state index in [2.05, 4.69) is 27.6 Å². The predicted molar refractivity (Wildman–Crippen MR) is 84.0 cm³/mol. The van der Waals surface area contributed by atoms with E-state index < -0.39 is 5.91 Å². The molecule has 0 saturated heterocycles. The van der Waals surface area contributed by atoms with E-state index >= 15 is 0 Å². The Morgan fingerprint density at radius 3 is 2.70 bits per heavy atom. The minimum Gasteiger partial charge on any atom is -0.438 e. The second-order valence-corrected chi connectivity index (χ2v) is 5.97. The largest absolute Gasteiger partial charge is 0.438 e. The standard InChI is InChI=1S/C15H13IN2O2/c16-10-4-6-11(7-5-10)20-15-12(14(17)19)8-9-2-1-3-13(9)18-15/h4-8H,1-3H2,(H2,17,19). The van der Waals surface area contributed by atoms with Crippen LogP contribution in [0.5, 0.6) is 11.6 Å². The third-order valence-electron chi connectivity index (χ3n) is 3.31. The van der Waals surface area contributed by atoms with Crippen LogP contribution in [0.15, 0.2) is 30.3 Å². The number of amides is 1. The van der Waals surface area contributed by atoms with Crippen LogP contribution in [0.2, 0.25) is 0 Å². The van der Waals surface area contributed by atoms with Crippen LogP contribution in [0.1, 0.15) is 28.0 Å². The Bertz CT molecular complexity index is 668. The van der Waals surface area contributed by atoms with Gasteiger partial charge in [-0.15, -0.1) is 0 Å². The lowest BCUT2D eigenvalue weighted by Crippen LogP contribution is -2.14. The number of nitrogens with zero attached hydrogens (tertiary/aromatic N) is 1. The number of rotatable bonds is 3. The van der Waals surface area contributed by atoms with E-state index in [1.807, 2.05) is 30.3 Å². The van der Waals surface area contributed by atoms with Crippen LogP contribution in [0.25, 0.3) is 0 Å². The lowest BCUT2D eigenvalue weighted by atomic mass is 10.1. The van der Waals surface area contributed by atoms with Crippen molar-refractivity contribution in [1.82, 2.24) is 4.98 Å². The molecule has 1 aliphatic carbocycles. The molecule has 0 radical (unpaired) electrons. The fraction of sp³-hybridized carbons (Fsp3) is 0.200. The van der Waals surface area contributed by atoms with Crippen LogP contribution in [0.3, 0.4) is 0 Å². The first kappa shape index (κ1) is 13.4. The van der Waals surface area contributed by atoms with E-state index in [0.717, 1.165) is 34.1 Å². The maximum Gasteiger partial charge on any atom is 0.254 e. The van der Waals surface area contributed by atoms with E-state index in [-0.39, 0.29) is 0 Å². The number of hydrogen-bond acceptors (Lipinski definition) is 3. The predicted octanol–water partition coefficient (Wildman–Crippen LogP) is 3.07. The molecule has 1 aromatic heterocycles. The molecule has 0 unspecified atom stereocenters. The molecule has 0 atom stereocenters. The number of primary amides is 1. The molecule has 2 aromatic rings. The molecule has 1 amide bonds. The van der Waals surface area contributed by atoms with Gasteiger partial charge in [0, 0.05) is 9.26 Å². The number of halogens is 1. The number of hydrogen-bond donors (Lipinski definition) is 1. The molecule has 5 heteroatoms. The highest BCUT2D eigenvalue weighted by atomic mass is 127. The Morgan fingerprint density at radius 2 is 2.00 bits per heavy atom. The zero-order valence-electron chi connectivity index (χ0n) is 10.7. The summed E-state index contributed by atoms with van der Waals surface area (Å²) in [6.07, 6.45) is 2.94. The summed E-state index contributed by atoms with van der Waals surface area (Å²) >= 11 is 2.22. The van der Waals surface area contributed by atoms with Gasteiger partial charge in [0.2, 0.25) is 5.88 Å². The molecule has 20 heavy (non-hydrogen) atoms. The van der Waals surface area contributed by atoms with Crippen LogP contribution >= 0.6 is 22.6 Å². The molecule has 0 spiro atoms. The molecule has 1 aromatic carbocycles. The quantitative estimate of drug-likeness (QED) is 0.833. The number of pyridine rings is 1. The van der Waals surface area contributed by atoms with Gasteiger partial charge in [0.25, 0.3) is 5.91 Å². The lowest BCUT2D eigenvalue weighted by molar-refractivity contribution is 0.0997. The third kappa shape index (κ3) is 2.63. The molecule has 2 N–H and O–H groups in total. The third-order valence-corrected chi connectivity index (χ3v) is 4.03. The highest BCUT2D eigenvalue weighted by Crippen LogP contribution is 2.29. The van der Waals surface area contributed by atoms with Crippen LogP contribution in [0.4, 0.5) is 0 Å². The van der Waals surface area contributed by atoms with Crippen molar-refractivity contribution in [2.45, 2.75) is 19.3 Å². The number of carbonyl (C=O) groups is 1. The van der Waals surface area contributed by atoms with Crippen molar-refractivity contribution in [3.8, 4) is 11.6 Å². The smallest absolute Gasteiger partial charge is 0.254 e. The van der Waals surface area contributed by atoms with Gasteiger partial charge >= 0.3 is 0 Å². The van der Waals surface area contributed by atoms with Gasteiger partial charge in [-0.2, -0.15) is 0 Å². The maximum absolute atomic E-state index is 11.6. The summed E-state index contributed by atoms with van der Waals surface area (Å²) in [6, 6.07) is 9.39. The van der Waals surface area contributed by atoms with Gasteiger partial charge < -0.3 is 10.5 Å². The summed E-state index contributed by atoms with van der Waals surface area (Å²) in [7, 11) is 0. The normalized spacial score (nSPS) is 13.1. The van der Waals surface area contributed by atoms with Gasteiger partial charge in [0.1, 0.15) is 11.3 Å². The summed E-state index contributed by atoms with van der Waals surface area (Å²) in [5.41, 5.74) is 7.89. The summed E-state index contributed by atoms with van der Waals surface area (Å²) in [4.78, 5) is 16.0. The van der Waals surface area contributed by atoms with Crippen molar-refractivity contribution >= 4 is 28.5 Å². The van der Waals surface area contributed by atoms with Crippen LogP contribution < -0.4 is 10.5 Å². The SMILES string of the molecule is NC(=O)c1cc2c(nc1Oc1ccc(I)cc1)CCC2. The zero-order chi connectivity index (χ0) is 14.1. The van der Waals surface area contributed by atoms with Gasteiger partial charge in [-0.1, -0.05) is 0 Å². The summed E-state index contributed by atoms with van der Waals surface area (Å²) < 4.78 is 6.85. The number of ether oxygens (including phenoxy) is 1. The van der Waals surface area contributed by atoms with Gasteiger partial charge in [-0.25, -0.2) is 4.98 Å². The van der Waals surface area contributed by atoms with E-state index in [1.165, 1.54) is 0 Å². The zero-order valence-corrected chi connectivity index (χ0v) is 12.9. The van der Waals surface area contributed by atoms with E-state index in [0.29, 0.717) is 17.2 Å². The van der Waals surface area contributed by atoms with Crippen molar-refractivity contribution in [3.05, 3.63) is 50.7 Å². The second kappa shape index (κ2) is 5.40. The first-order valence-corrected chi connectivity index (χ1v) is 7.47. The molecule has 102 valence electrons. The Morgan fingerprint density at radius 1 is 1.25 bits per heavy atom. The maximum atomic E-state index is 11.6. The number of aryl methyl sites for hydroxylation is 2. The van der Waals surface area contributed by atoms with Crippen molar-refractivity contribution in [1.29, 1.82) is 0 Å². The Balaban J connectivity index is 1.99. The highest BCUT2D eigenvalue weighted by Gasteiger charge is 2.20. The number of fused-ring (bicyclic) bond motifs is 1. The second-order valence-electron chi connectivity index (χ2n) is 4.72. The average molecular weight is 380 g/mol. The fourth-order valence-corrected chi connectivity index (χ4v) is 2.68. The molecule has 1 aliphatic rings. The van der Waals surface area contributed by atoms with Gasteiger partial charge in [0.15, 0.2) is 0 Å². The van der Waals surface area contributed by atoms with E-state index in [1.54, 1.807) is 0 Å². The summed E-state index contributed by atoms with van der Waals surface area (Å²) in [5, 5.41) is 0. The molecule has 0 fully saturated rings. The molecule has 0 aliphatic heterocycles. The van der Waals surface area contributed by atoms with Crippen LogP contribution in [0, 0.1) is 3.57 Å². The Labute approximate surface area is 130 Å². The Hall–Kier alpha value is -1.63. The van der Waals surface area contributed by atoms with Crippen molar-refractivity contribution in [3.63, 3.8) is 0 Å². The number of carbonyl (C=O) groups excluding carboxylic acids is 1. The first-order chi connectivity index (χ1) is 9.63. The number of aromatic nitrogens is 1. The molecule has 0 bridgehead atoms. The van der Waals surface area contributed by atoms with Crippen molar-refractivity contribution in [2.24, 2.45) is 5.73 Å². The molecular weight excluding hydrogens is 367 g/mol. The molecule has 4 nitrogen and oxygen atoms in total. The molecule has 3 rings (SSSR count). The average Bonchev–Trinajstić information content (AvgIpc) is 2.87. The topological polar surface area (TPSA) is 65.2 Å². The lowest BCUT2D eigenvalue weighted by Gasteiger charge is -2.10. The van der Waals surface area contributed by atoms with Crippen LogP contribution in [-0.2, 0) is 12.8 Å². The first-order valence-electron chi connectivity index (χ1n) is 6.39. The molecular formula is C15H13IN2O2. The van der Waals surface area contributed by atoms with Gasteiger partial charge in [-0.3, -0.25) is 4.79 Å². The van der Waals surface area contributed by atoms with Crippen molar-refractivity contribution < 1.29 is 9.53 Å². The van der Waals surface area contributed by atoms with E-state index in [9.17, 15) is 4.79 Å². The number of nitrogens with two attached hydrogens (primary N) is 1.